The van der Waals surface area contributed by atoms with Crippen molar-refractivity contribution in [2.75, 3.05) is 20.4 Å². The van der Waals surface area contributed by atoms with E-state index in [0.717, 1.165) is 0 Å². The number of pyridine rings is 1. The fourth-order valence-electron chi connectivity index (χ4n) is 3.83. The van der Waals surface area contributed by atoms with Crippen LogP contribution < -0.4 is 9.47 Å². The van der Waals surface area contributed by atoms with E-state index in [4.69, 9.17) is 14.2 Å². The number of methoxy groups -OCH3 is 1. The molecular weight excluding hydrogens is 426 g/mol. The minimum absolute atomic E-state index is 0.0949. The number of nitrogens with one attached hydrogen (secondary N) is 1. The molecule has 0 unspecified atom stereocenters. The third-order valence-corrected chi connectivity index (χ3v) is 5.43. The van der Waals surface area contributed by atoms with E-state index in [2.05, 4.69) is 9.97 Å². The number of benzene rings is 1. The summed E-state index contributed by atoms with van der Waals surface area (Å²) in [4.78, 5) is 47.4. The number of H-pyrrole nitrogens is 1. The van der Waals surface area contributed by atoms with Crippen LogP contribution in [0, 0.1) is 13.8 Å². The predicted octanol–water partition coefficient (Wildman–Crippen LogP) is 3.07. The molecule has 170 valence electrons. The van der Waals surface area contributed by atoms with Gasteiger partial charge in [0.2, 0.25) is 6.79 Å². The maximum atomic E-state index is 13.4. The van der Waals surface area contributed by atoms with Gasteiger partial charge in [-0.1, -0.05) is 6.07 Å². The van der Waals surface area contributed by atoms with Crippen LogP contribution in [0.5, 0.6) is 11.5 Å². The second kappa shape index (κ2) is 9.15. The Labute approximate surface area is 190 Å². The number of aromatic amines is 1. The number of nitrogens with zero attached hydrogens (tertiary/aromatic N) is 2. The minimum Gasteiger partial charge on any atom is -0.464 e. The van der Waals surface area contributed by atoms with Crippen LogP contribution in [0.2, 0.25) is 0 Å². The lowest BCUT2D eigenvalue weighted by Crippen LogP contribution is -2.35. The van der Waals surface area contributed by atoms with Gasteiger partial charge in [0.15, 0.2) is 17.3 Å². The van der Waals surface area contributed by atoms with E-state index in [0.29, 0.717) is 39.6 Å². The van der Waals surface area contributed by atoms with Gasteiger partial charge in [0.25, 0.3) is 5.91 Å². The maximum Gasteiger partial charge on any atom is 0.354 e. The fraction of sp³-hybridized carbons (Fsp3) is 0.250. The molecular formula is C24H23N3O6. The molecule has 0 aliphatic carbocycles. The molecule has 0 saturated heterocycles. The molecule has 1 aliphatic heterocycles. The average Bonchev–Trinajstić information content (AvgIpc) is 3.41. The van der Waals surface area contributed by atoms with Crippen LogP contribution in [0.25, 0.3) is 0 Å². The number of esters is 1. The van der Waals surface area contributed by atoms with Crippen molar-refractivity contribution in [3.63, 3.8) is 0 Å². The highest BCUT2D eigenvalue weighted by molar-refractivity contribution is 6.05. The molecule has 1 N–H and O–H groups in total. The highest BCUT2D eigenvalue weighted by Gasteiger charge is 2.27. The molecule has 1 amide bonds. The van der Waals surface area contributed by atoms with Crippen LogP contribution in [0.1, 0.15) is 48.2 Å². The van der Waals surface area contributed by atoms with E-state index in [1.54, 1.807) is 50.4 Å². The lowest BCUT2D eigenvalue weighted by Gasteiger charge is -2.22. The van der Waals surface area contributed by atoms with E-state index in [9.17, 15) is 14.4 Å². The van der Waals surface area contributed by atoms with Gasteiger partial charge in [-0.15, -0.1) is 0 Å². The van der Waals surface area contributed by atoms with E-state index in [1.165, 1.54) is 12.0 Å². The number of amides is 1. The second-order valence-electron chi connectivity index (χ2n) is 7.59. The number of hydrogen-bond donors (Lipinski definition) is 1. The lowest BCUT2D eigenvalue weighted by molar-refractivity contribution is 0.0593. The van der Waals surface area contributed by atoms with Gasteiger partial charge in [0, 0.05) is 23.0 Å². The molecule has 0 spiro atoms. The Morgan fingerprint density at radius 3 is 2.64 bits per heavy atom. The molecule has 9 nitrogen and oxygen atoms in total. The highest BCUT2D eigenvalue weighted by atomic mass is 16.7. The number of carbonyl (C=O) groups is 3. The molecule has 0 bridgehead atoms. The second-order valence-corrected chi connectivity index (χ2v) is 7.59. The molecule has 0 saturated carbocycles. The molecule has 4 rings (SSSR count). The Balaban J connectivity index is 1.64. The largest absolute Gasteiger partial charge is 0.464 e. The van der Waals surface area contributed by atoms with Crippen molar-refractivity contribution in [3.8, 4) is 11.5 Å². The SMILES string of the molecule is COC(=O)c1[nH]c(C)c(C(=O)CN(Cc2ccccn2)C(=O)c2ccc3c(c2)OCO3)c1C. The van der Waals surface area contributed by atoms with E-state index in [-0.39, 0.29) is 37.3 Å². The summed E-state index contributed by atoms with van der Waals surface area (Å²) in [7, 11) is 1.28. The van der Waals surface area contributed by atoms with Crippen molar-refractivity contribution >= 4 is 17.7 Å². The summed E-state index contributed by atoms with van der Waals surface area (Å²) in [5.74, 6) is -0.179. The van der Waals surface area contributed by atoms with Gasteiger partial charge < -0.3 is 24.1 Å². The monoisotopic (exact) mass is 449 g/mol. The van der Waals surface area contributed by atoms with Crippen LogP contribution in [-0.4, -0.2) is 53.0 Å². The lowest BCUT2D eigenvalue weighted by atomic mass is 10.0. The smallest absolute Gasteiger partial charge is 0.354 e. The Morgan fingerprint density at radius 1 is 1.12 bits per heavy atom. The number of ether oxygens (including phenoxy) is 3. The first-order valence-corrected chi connectivity index (χ1v) is 10.3. The van der Waals surface area contributed by atoms with Crippen LogP contribution in [0.3, 0.4) is 0 Å². The van der Waals surface area contributed by atoms with Crippen molar-refractivity contribution in [2.45, 2.75) is 20.4 Å². The summed E-state index contributed by atoms with van der Waals surface area (Å²) in [6.45, 7) is 3.40. The van der Waals surface area contributed by atoms with Crippen LogP contribution in [0.4, 0.5) is 0 Å². The number of carbonyl (C=O) groups excluding carboxylic acids is 3. The number of ketones is 1. The van der Waals surface area contributed by atoms with E-state index < -0.39 is 5.97 Å². The first-order chi connectivity index (χ1) is 15.9. The van der Waals surface area contributed by atoms with Crippen LogP contribution >= 0.6 is 0 Å². The summed E-state index contributed by atoms with van der Waals surface area (Å²) in [6.07, 6.45) is 1.63. The van der Waals surface area contributed by atoms with Gasteiger partial charge in [-0.25, -0.2) is 4.79 Å². The van der Waals surface area contributed by atoms with Crippen molar-refractivity contribution < 1.29 is 28.6 Å². The molecule has 9 heteroatoms. The summed E-state index contributed by atoms with van der Waals surface area (Å²) < 4.78 is 15.5. The van der Waals surface area contributed by atoms with Crippen LogP contribution in [-0.2, 0) is 11.3 Å². The molecule has 3 aromatic rings. The number of aryl methyl sites for hydroxylation is 1. The average molecular weight is 449 g/mol. The molecule has 0 radical (unpaired) electrons. The van der Waals surface area contributed by atoms with E-state index in [1.807, 2.05) is 6.07 Å². The molecule has 0 atom stereocenters. The Hall–Kier alpha value is -4.14. The molecule has 3 heterocycles. The van der Waals surface area contributed by atoms with Crippen molar-refractivity contribution in [1.29, 1.82) is 0 Å². The summed E-state index contributed by atoms with van der Waals surface area (Å²) >= 11 is 0. The van der Waals surface area contributed by atoms with Crippen LogP contribution in [0.15, 0.2) is 42.6 Å². The number of Topliss-reactive ketones (excluding diaryl/α,β-unsaturated/α-hetero) is 1. The van der Waals surface area contributed by atoms with Crippen molar-refractivity contribution in [1.82, 2.24) is 14.9 Å². The third kappa shape index (κ3) is 4.43. The van der Waals surface area contributed by atoms with Gasteiger partial charge in [-0.3, -0.25) is 14.6 Å². The quantitative estimate of drug-likeness (QED) is 0.436. The number of aromatic nitrogens is 2. The van der Waals surface area contributed by atoms with Gasteiger partial charge >= 0.3 is 5.97 Å². The zero-order chi connectivity index (χ0) is 23.5. The molecule has 0 fully saturated rings. The summed E-state index contributed by atoms with van der Waals surface area (Å²) in [5, 5.41) is 0. The standard InChI is InChI=1S/C24H23N3O6/c1-14-21(15(2)26-22(14)24(30)31-3)18(28)12-27(11-17-6-4-5-9-25-17)23(29)16-7-8-19-20(10-16)33-13-32-19/h4-10,26H,11-13H2,1-3H3. The summed E-state index contributed by atoms with van der Waals surface area (Å²) in [5.41, 5.74) is 2.60. The Bertz CT molecular complexity index is 1220. The zero-order valence-corrected chi connectivity index (χ0v) is 18.5. The summed E-state index contributed by atoms with van der Waals surface area (Å²) in [6, 6.07) is 10.3. The van der Waals surface area contributed by atoms with Gasteiger partial charge in [0.1, 0.15) is 5.69 Å². The van der Waals surface area contributed by atoms with Gasteiger partial charge in [-0.2, -0.15) is 0 Å². The van der Waals surface area contributed by atoms with Gasteiger partial charge in [0.05, 0.1) is 25.9 Å². The molecule has 33 heavy (non-hydrogen) atoms. The first-order valence-electron chi connectivity index (χ1n) is 10.3. The molecule has 1 aromatic carbocycles. The van der Waals surface area contributed by atoms with E-state index >= 15 is 0 Å². The number of hydrogen-bond acceptors (Lipinski definition) is 7. The maximum absolute atomic E-state index is 13.4. The van der Waals surface area contributed by atoms with Gasteiger partial charge in [-0.05, 0) is 49.7 Å². The predicted molar refractivity (Wildman–Crippen MR) is 117 cm³/mol. The van der Waals surface area contributed by atoms with Crippen molar-refractivity contribution in [3.05, 3.63) is 76.4 Å². The normalized spacial score (nSPS) is 11.8. The number of fused-ring (bicyclic) bond motifs is 1. The Kier molecular flexibility index (Phi) is 6.12. The highest BCUT2D eigenvalue weighted by Crippen LogP contribution is 2.33. The molecule has 1 aliphatic rings. The zero-order valence-electron chi connectivity index (χ0n) is 18.5. The Morgan fingerprint density at radius 2 is 1.91 bits per heavy atom. The third-order valence-electron chi connectivity index (χ3n) is 5.43. The molecule has 2 aromatic heterocycles. The first kappa shape index (κ1) is 22.1. The fourth-order valence-corrected chi connectivity index (χ4v) is 3.83. The minimum atomic E-state index is -0.559. The number of rotatable bonds is 7. The van der Waals surface area contributed by atoms with Crippen molar-refractivity contribution in [2.24, 2.45) is 0 Å². The topological polar surface area (TPSA) is 111 Å².